The maximum atomic E-state index is 6.01. The molecule has 2 N–H and O–H groups in total. The molecule has 76 valence electrons. The molecule has 0 aliphatic heterocycles. The van der Waals surface area contributed by atoms with E-state index in [2.05, 4.69) is 19.1 Å². The van der Waals surface area contributed by atoms with Gasteiger partial charge in [0, 0.05) is 5.69 Å². The van der Waals surface area contributed by atoms with Gasteiger partial charge in [0.05, 0.1) is 0 Å². The van der Waals surface area contributed by atoms with Gasteiger partial charge in [-0.3, -0.25) is 0 Å². The van der Waals surface area contributed by atoms with E-state index in [1.54, 1.807) is 0 Å². The predicted octanol–water partition coefficient (Wildman–Crippen LogP) is 3.56. The molecule has 0 bridgehead atoms. The van der Waals surface area contributed by atoms with Crippen molar-refractivity contribution in [1.29, 1.82) is 0 Å². The molecule has 1 aliphatic carbocycles. The molecule has 1 aromatic carbocycles. The fraction of sp³-hybridized carbons (Fsp3) is 0.538. The zero-order valence-electron chi connectivity index (χ0n) is 8.87. The van der Waals surface area contributed by atoms with E-state index in [4.69, 9.17) is 5.73 Å². The first-order valence-electron chi connectivity index (χ1n) is 5.63. The van der Waals surface area contributed by atoms with Gasteiger partial charge in [0.1, 0.15) is 0 Å². The first kappa shape index (κ1) is 9.57. The lowest BCUT2D eigenvalue weighted by Gasteiger charge is -2.29. The zero-order chi connectivity index (χ0) is 9.97. The van der Waals surface area contributed by atoms with Crippen molar-refractivity contribution in [2.24, 2.45) is 5.92 Å². The monoisotopic (exact) mass is 189 g/mol. The lowest BCUT2D eigenvalue weighted by atomic mass is 9.76. The van der Waals surface area contributed by atoms with Crippen LogP contribution >= 0.6 is 0 Å². The van der Waals surface area contributed by atoms with Crippen molar-refractivity contribution in [2.75, 3.05) is 5.73 Å². The molecule has 1 heteroatoms. The summed E-state index contributed by atoms with van der Waals surface area (Å²) in [5, 5.41) is 0. The Bertz CT molecular complexity index is 306. The van der Waals surface area contributed by atoms with Crippen LogP contribution in [0.2, 0.25) is 0 Å². The Kier molecular flexibility index (Phi) is 2.76. The summed E-state index contributed by atoms with van der Waals surface area (Å²) in [5.41, 5.74) is 8.37. The second kappa shape index (κ2) is 4.04. The molecule has 0 radical (unpaired) electrons. The Hall–Kier alpha value is -0.980. The molecule has 2 atom stereocenters. The largest absolute Gasteiger partial charge is 0.398 e. The van der Waals surface area contributed by atoms with E-state index in [0.29, 0.717) is 5.92 Å². The highest BCUT2D eigenvalue weighted by Crippen LogP contribution is 2.39. The number of hydrogen-bond donors (Lipinski definition) is 1. The van der Waals surface area contributed by atoms with E-state index < -0.39 is 0 Å². The smallest absolute Gasteiger partial charge is 0.0349 e. The molecule has 2 unspecified atom stereocenters. The third-order valence-electron chi connectivity index (χ3n) is 3.51. The van der Waals surface area contributed by atoms with Gasteiger partial charge in [0.15, 0.2) is 0 Å². The predicted molar refractivity (Wildman–Crippen MR) is 61.2 cm³/mol. The van der Waals surface area contributed by atoms with Gasteiger partial charge in [-0.05, 0) is 29.9 Å². The van der Waals surface area contributed by atoms with Crippen molar-refractivity contribution >= 4 is 5.69 Å². The third kappa shape index (κ3) is 1.77. The minimum atomic E-state index is 0.699. The lowest BCUT2D eigenvalue weighted by Crippen LogP contribution is -2.16. The van der Waals surface area contributed by atoms with Crippen LogP contribution in [0.5, 0.6) is 0 Å². The van der Waals surface area contributed by atoms with Gasteiger partial charge in [-0.25, -0.2) is 0 Å². The minimum absolute atomic E-state index is 0.699. The first-order valence-corrected chi connectivity index (χ1v) is 5.63. The van der Waals surface area contributed by atoms with E-state index in [0.717, 1.165) is 11.6 Å². The molecule has 14 heavy (non-hydrogen) atoms. The van der Waals surface area contributed by atoms with Crippen molar-refractivity contribution < 1.29 is 0 Å². The summed E-state index contributed by atoms with van der Waals surface area (Å²) in [4.78, 5) is 0. The Balaban J connectivity index is 2.25. The number of rotatable bonds is 1. The third-order valence-corrected chi connectivity index (χ3v) is 3.51. The summed E-state index contributed by atoms with van der Waals surface area (Å²) < 4.78 is 0. The lowest BCUT2D eigenvalue weighted by molar-refractivity contribution is 0.331. The number of benzene rings is 1. The second-order valence-corrected chi connectivity index (χ2v) is 4.50. The molecule has 1 nitrogen and oxygen atoms in total. The van der Waals surface area contributed by atoms with Crippen molar-refractivity contribution in [1.82, 2.24) is 0 Å². The van der Waals surface area contributed by atoms with Crippen LogP contribution in [0.4, 0.5) is 5.69 Å². The van der Waals surface area contributed by atoms with Gasteiger partial charge >= 0.3 is 0 Å². The highest BCUT2D eigenvalue weighted by atomic mass is 14.6. The van der Waals surface area contributed by atoms with Gasteiger partial charge < -0.3 is 5.73 Å². The van der Waals surface area contributed by atoms with Crippen molar-refractivity contribution in [2.45, 2.75) is 38.5 Å². The molecular weight excluding hydrogens is 170 g/mol. The number of nitrogen functional groups attached to an aromatic ring is 1. The molecule has 0 heterocycles. The number of anilines is 1. The summed E-state index contributed by atoms with van der Waals surface area (Å²) in [6.45, 7) is 2.36. The van der Waals surface area contributed by atoms with E-state index in [-0.39, 0.29) is 0 Å². The number of nitrogens with two attached hydrogens (primary N) is 1. The Labute approximate surface area is 86.3 Å². The number of hydrogen-bond acceptors (Lipinski definition) is 1. The van der Waals surface area contributed by atoms with Crippen LogP contribution in [0.25, 0.3) is 0 Å². The van der Waals surface area contributed by atoms with Crippen LogP contribution in [0, 0.1) is 5.92 Å². The SMILES string of the molecule is CC1CCCCC1c1ccccc1N. The van der Waals surface area contributed by atoms with E-state index in [1.165, 1.54) is 31.2 Å². The number of para-hydroxylation sites is 1. The summed E-state index contributed by atoms with van der Waals surface area (Å²) >= 11 is 0. The summed E-state index contributed by atoms with van der Waals surface area (Å²) in [6, 6.07) is 8.35. The van der Waals surface area contributed by atoms with Crippen LogP contribution in [0.15, 0.2) is 24.3 Å². The Morgan fingerprint density at radius 3 is 2.57 bits per heavy atom. The highest BCUT2D eigenvalue weighted by Gasteiger charge is 2.23. The highest BCUT2D eigenvalue weighted by molar-refractivity contribution is 5.48. The maximum Gasteiger partial charge on any atom is 0.0349 e. The van der Waals surface area contributed by atoms with Crippen LogP contribution in [-0.2, 0) is 0 Å². The van der Waals surface area contributed by atoms with E-state index in [9.17, 15) is 0 Å². The van der Waals surface area contributed by atoms with Crippen molar-refractivity contribution in [3.05, 3.63) is 29.8 Å². The molecular formula is C13H19N. The van der Waals surface area contributed by atoms with Gasteiger partial charge in [-0.1, -0.05) is 44.4 Å². The molecule has 1 fully saturated rings. The molecule has 0 spiro atoms. The molecule has 1 saturated carbocycles. The van der Waals surface area contributed by atoms with Crippen LogP contribution < -0.4 is 5.73 Å². The molecule has 1 aliphatic rings. The summed E-state index contributed by atoms with van der Waals surface area (Å²) in [5.74, 6) is 1.50. The maximum absolute atomic E-state index is 6.01. The molecule has 0 saturated heterocycles. The molecule has 0 aromatic heterocycles. The summed E-state index contributed by atoms with van der Waals surface area (Å²) in [7, 11) is 0. The molecule has 1 aromatic rings. The standard InChI is InChI=1S/C13H19N/c1-10-6-2-3-7-11(10)12-8-4-5-9-13(12)14/h4-5,8-11H,2-3,6-7,14H2,1H3. The van der Waals surface area contributed by atoms with E-state index >= 15 is 0 Å². The van der Waals surface area contributed by atoms with E-state index in [1.807, 2.05) is 12.1 Å². The molecule has 0 amide bonds. The van der Waals surface area contributed by atoms with Crippen LogP contribution in [0.3, 0.4) is 0 Å². The van der Waals surface area contributed by atoms with Gasteiger partial charge in [0.25, 0.3) is 0 Å². The fourth-order valence-corrected chi connectivity index (χ4v) is 2.63. The van der Waals surface area contributed by atoms with Crippen LogP contribution in [0.1, 0.15) is 44.1 Å². The van der Waals surface area contributed by atoms with Crippen LogP contribution in [-0.4, -0.2) is 0 Å². The average Bonchev–Trinajstić information content (AvgIpc) is 2.20. The van der Waals surface area contributed by atoms with Crippen molar-refractivity contribution in [3.63, 3.8) is 0 Å². The Morgan fingerprint density at radius 2 is 1.86 bits per heavy atom. The quantitative estimate of drug-likeness (QED) is 0.672. The van der Waals surface area contributed by atoms with Gasteiger partial charge in [-0.15, -0.1) is 0 Å². The normalized spacial score (nSPS) is 27.5. The molecule has 2 rings (SSSR count). The minimum Gasteiger partial charge on any atom is -0.398 e. The summed E-state index contributed by atoms with van der Waals surface area (Å²) in [6.07, 6.45) is 5.43. The van der Waals surface area contributed by atoms with Gasteiger partial charge in [-0.2, -0.15) is 0 Å². The fourth-order valence-electron chi connectivity index (χ4n) is 2.63. The first-order chi connectivity index (χ1) is 6.79. The Morgan fingerprint density at radius 1 is 1.14 bits per heavy atom. The average molecular weight is 189 g/mol. The topological polar surface area (TPSA) is 26.0 Å². The van der Waals surface area contributed by atoms with Crippen molar-refractivity contribution in [3.8, 4) is 0 Å². The second-order valence-electron chi connectivity index (χ2n) is 4.50. The zero-order valence-corrected chi connectivity index (χ0v) is 8.87. The van der Waals surface area contributed by atoms with Gasteiger partial charge in [0.2, 0.25) is 0 Å².